The number of carbonyl (C=O) groups is 2. The zero-order chi connectivity index (χ0) is 12.7. The first-order chi connectivity index (χ1) is 8.09. The number of carboxylic acid groups (broad SMARTS) is 1. The molecule has 0 fully saturated rings. The third kappa shape index (κ3) is 4.93. The van der Waals surface area contributed by atoms with Crippen LogP contribution in [-0.2, 0) is 11.2 Å². The van der Waals surface area contributed by atoms with E-state index in [-0.39, 0.29) is 13.1 Å². The Hall–Kier alpha value is -2.16. The molecule has 2 amide bonds. The van der Waals surface area contributed by atoms with Crippen LogP contribution in [0, 0.1) is 0 Å². The zero-order valence-corrected chi connectivity index (χ0v) is 8.79. The lowest BCUT2D eigenvalue weighted by Crippen LogP contribution is -2.42. The van der Waals surface area contributed by atoms with Crippen molar-refractivity contribution in [1.29, 1.82) is 0 Å². The Morgan fingerprint density at radius 2 is 2.24 bits per heavy atom. The molecule has 1 atom stereocenters. The van der Waals surface area contributed by atoms with Crippen LogP contribution in [0.1, 0.15) is 5.89 Å². The highest BCUT2D eigenvalue weighted by Gasteiger charge is 2.13. The summed E-state index contributed by atoms with van der Waals surface area (Å²) in [6.07, 6.45) is 0.00440. The molecule has 0 saturated carbocycles. The first-order valence-electron chi connectivity index (χ1n) is 4.77. The normalized spacial score (nSPS) is 11.8. The van der Waals surface area contributed by atoms with Gasteiger partial charge in [0.2, 0.25) is 5.89 Å². The minimum Gasteiger partial charge on any atom is -0.479 e. The molecule has 9 nitrogen and oxygen atoms in total. The van der Waals surface area contributed by atoms with Gasteiger partial charge in [-0.1, -0.05) is 5.16 Å². The van der Waals surface area contributed by atoms with Crippen LogP contribution in [0.25, 0.3) is 0 Å². The summed E-state index contributed by atoms with van der Waals surface area (Å²) < 4.78 is 4.69. The molecule has 4 N–H and O–H groups in total. The number of carbonyl (C=O) groups excluding carboxylic acids is 1. The second kappa shape index (κ2) is 6.43. The average Bonchev–Trinajstić information content (AvgIpc) is 2.78. The van der Waals surface area contributed by atoms with Crippen molar-refractivity contribution in [2.75, 3.05) is 13.1 Å². The van der Waals surface area contributed by atoms with E-state index in [1.165, 1.54) is 6.33 Å². The molecule has 0 aliphatic rings. The maximum absolute atomic E-state index is 11.1. The van der Waals surface area contributed by atoms with Crippen molar-refractivity contribution in [2.24, 2.45) is 0 Å². The van der Waals surface area contributed by atoms with Crippen LogP contribution in [-0.4, -0.2) is 51.5 Å². The molecule has 0 aliphatic heterocycles. The number of urea groups is 1. The number of hydrogen-bond donors (Lipinski definition) is 4. The van der Waals surface area contributed by atoms with Gasteiger partial charge < -0.3 is 25.4 Å². The minimum atomic E-state index is -1.61. The van der Waals surface area contributed by atoms with Gasteiger partial charge in [-0.2, -0.15) is 4.98 Å². The van der Waals surface area contributed by atoms with Gasteiger partial charge in [-0.3, -0.25) is 0 Å². The molecular formula is C8H12N4O5. The molecule has 0 aromatic carbocycles. The second-order valence-corrected chi connectivity index (χ2v) is 3.08. The van der Waals surface area contributed by atoms with Crippen molar-refractivity contribution in [1.82, 2.24) is 20.8 Å². The van der Waals surface area contributed by atoms with E-state index in [4.69, 9.17) is 14.7 Å². The molecule has 9 heteroatoms. The van der Waals surface area contributed by atoms with E-state index in [0.29, 0.717) is 12.3 Å². The Balaban J connectivity index is 2.11. The highest BCUT2D eigenvalue weighted by atomic mass is 16.5. The SMILES string of the molecule is O=C(NCCc1ncno1)NCC(O)C(=O)O. The van der Waals surface area contributed by atoms with Crippen molar-refractivity contribution >= 4 is 12.0 Å². The minimum absolute atomic E-state index is 0.261. The van der Waals surface area contributed by atoms with Gasteiger partial charge in [0.1, 0.15) is 0 Å². The van der Waals surface area contributed by atoms with Crippen LogP contribution in [0.15, 0.2) is 10.9 Å². The van der Waals surface area contributed by atoms with E-state index in [2.05, 4.69) is 20.8 Å². The third-order valence-electron chi connectivity index (χ3n) is 1.77. The highest BCUT2D eigenvalue weighted by Crippen LogP contribution is 1.90. The molecule has 1 heterocycles. The van der Waals surface area contributed by atoms with Gasteiger partial charge in [0, 0.05) is 13.0 Å². The molecule has 1 aromatic rings. The summed E-state index contributed by atoms with van der Waals surface area (Å²) in [5.41, 5.74) is 0. The van der Waals surface area contributed by atoms with Gasteiger partial charge in [-0.05, 0) is 0 Å². The van der Waals surface area contributed by atoms with Gasteiger partial charge in [0.05, 0.1) is 6.54 Å². The summed E-state index contributed by atoms with van der Waals surface area (Å²) in [5, 5.41) is 25.2. The number of nitrogens with zero attached hydrogens (tertiary/aromatic N) is 2. The number of aliphatic hydroxyl groups excluding tert-OH is 1. The number of amides is 2. The molecule has 1 rings (SSSR count). The Morgan fingerprint density at radius 3 is 2.82 bits per heavy atom. The van der Waals surface area contributed by atoms with Crippen LogP contribution in [0.5, 0.6) is 0 Å². The summed E-state index contributed by atoms with van der Waals surface area (Å²) in [6, 6.07) is -0.579. The zero-order valence-electron chi connectivity index (χ0n) is 8.79. The van der Waals surface area contributed by atoms with Gasteiger partial charge in [0.15, 0.2) is 12.4 Å². The van der Waals surface area contributed by atoms with E-state index in [0.717, 1.165) is 0 Å². The molecule has 0 saturated heterocycles. The standard InChI is InChI=1S/C8H12N4O5/c13-5(7(14)15)3-10-8(16)9-2-1-6-11-4-12-17-6/h4-5,13H,1-3H2,(H,14,15)(H2,9,10,16). The van der Waals surface area contributed by atoms with E-state index in [9.17, 15) is 9.59 Å². The summed E-state index contributed by atoms with van der Waals surface area (Å²) in [7, 11) is 0. The van der Waals surface area contributed by atoms with E-state index in [1.54, 1.807) is 0 Å². The third-order valence-corrected chi connectivity index (χ3v) is 1.77. The van der Waals surface area contributed by atoms with E-state index < -0.39 is 18.1 Å². The molecule has 1 aromatic heterocycles. The van der Waals surface area contributed by atoms with Crippen molar-refractivity contribution in [3.05, 3.63) is 12.2 Å². The van der Waals surface area contributed by atoms with Crippen LogP contribution in [0.2, 0.25) is 0 Å². The Labute approximate surface area is 95.8 Å². The van der Waals surface area contributed by atoms with Crippen molar-refractivity contribution in [2.45, 2.75) is 12.5 Å². The molecule has 0 spiro atoms. The van der Waals surface area contributed by atoms with Crippen molar-refractivity contribution in [3.63, 3.8) is 0 Å². The highest BCUT2D eigenvalue weighted by molar-refractivity contribution is 5.76. The smallest absolute Gasteiger partial charge is 0.334 e. The number of rotatable bonds is 6. The topological polar surface area (TPSA) is 138 Å². The summed E-state index contributed by atoms with van der Waals surface area (Å²) >= 11 is 0. The lowest BCUT2D eigenvalue weighted by atomic mass is 10.3. The number of aliphatic hydroxyl groups is 1. The fourth-order valence-electron chi connectivity index (χ4n) is 0.928. The number of aromatic nitrogens is 2. The number of aliphatic carboxylic acids is 1. The average molecular weight is 244 g/mol. The number of hydrogen-bond acceptors (Lipinski definition) is 6. The number of nitrogens with one attached hydrogen (secondary N) is 2. The van der Waals surface area contributed by atoms with Crippen LogP contribution in [0.3, 0.4) is 0 Å². The van der Waals surface area contributed by atoms with Crippen molar-refractivity contribution < 1.29 is 24.3 Å². The molecule has 94 valence electrons. The quantitative estimate of drug-likeness (QED) is 0.470. The summed E-state index contributed by atoms with van der Waals surface area (Å²) in [5.74, 6) is -1.01. The molecular weight excluding hydrogens is 232 g/mol. The summed E-state index contributed by atoms with van der Waals surface area (Å²) in [6.45, 7) is -0.0983. The van der Waals surface area contributed by atoms with E-state index >= 15 is 0 Å². The molecule has 17 heavy (non-hydrogen) atoms. The molecule has 0 bridgehead atoms. The fourth-order valence-corrected chi connectivity index (χ4v) is 0.928. The molecule has 1 unspecified atom stereocenters. The van der Waals surface area contributed by atoms with Gasteiger partial charge >= 0.3 is 12.0 Å². The largest absolute Gasteiger partial charge is 0.479 e. The monoisotopic (exact) mass is 244 g/mol. The molecule has 0 radical (unpaired) electrons. The van der Waals surface area contributed by atoms with Gasteiger partial charge in [-0.15, -0.1) is 0 Å². The Morgan fingerprint density at radius 1 is 1.47 bits per heavy atom. The Bertz CT molecular complexity index is 366. The van der Waals surface area contributed by atoms with Gasteiger partial charge in [-0.25, -0.2) is 9.59 Å². The van der Waals surface area contributed by atoms with Crippen LogP contribution in [0.4, 0.5) is 4.79 Å². The van der Waals surface area contributed by atoms with Crippen LogP contribution >= 0.6 is 0 Å². The lowest BCUT2D eigenvalue weighted by molar-refractivity contribution is -0.146. The second-order valence-electron chi connectivity index (χ2n) is 3.08. The predicted octanol–water partition coefficient (Wildman–Crippen LogP) is -1.64. The lowest BCUT2D eigenvalue weighted by Gasteiger charge is -2.08. The first kappa shape index (κ1) is 12.9. The summed E-state index contributed by atoms with van der Waals surface area (Å²) in [4.78, 5) is 25.1. The fraction of sp³-hybridized carbons (Fsp3) is 0.500. The maximum Gasteiger partial charge on any atom is 0.334 e. The Kier molecular flexibility index (Phi) is 4.88. The van der Waals surface area contributed by atoms with Gasteiger partial charge in [0.25, 0.3) is 0 Å². The maximum atomic E-state index is 11.1. The first-order valence-corrected chi connectivity index (χ1v) is 4.77. The molecule has 0 aliphatic carbocycles. The van der Waals surface area contributed by atoms with E-state index in [1.807, 2.05) is 0 Å². The number of carboxylic acids is 1. The van der Waals surface area contributed by atoms with Crippen molar-refractivity contribution in [3.8, 4) is 0 Å². The predicted molar refractivity (Wildman–Crippen MR) is 53.0 cm³/mol. The van der Waals surface area contributed by atoms with Crippen LogP contribution < -0.4 is 10.6 Å².